The molecule has 0 aromatic rings. The van der Waals surface area contributed by atoms with Crippen LogP contribution in [0, 0.1) is 5.92 Å². The molecule has 0 radical (unpaired) electrons. The van der Waals surface area contributed by atoms with Crippen LogP contribution in [0.25, 0.3) is 0 Å². The molecule has 1 saturated carbocycles. The monoisotopic (exact) mass is 248 g/mol. The van der Waals surface area contributed by atoms with E-state index in [9.17, 15) is 8.42 Å². The molecule has 1 fully saturated rings. The first kappa shape index (κ1) is 13.9. The van der Waals surface area contributed by atoms with Crippen molar-refractivity contribution in [3.05, 3.63) is 0 Å². The van der Waals surface area contributed by atoms with E-state index in [4.69, 9.17) is 0 Å². The van der Waals surface area contributed by atoms with Gasteiger partial charge in [0.2, 0.25) is 0 Å². The Bertz CT molecular complexity index is 299. The van der Waals surface area contributed by atoms with Crippen LogP contribution < -0.4 is 5.32 Å². The van der Waals surface area contributed by atoms with E-state index < -0.39 is 9.84 Å². The summed E-state index contributed by atoms with van der Waals surface area (Å²) in [5.74, 6) is 0.830. The lowest BCUT2D eigenvalue weighted by molar-refractivity contribution is 0.294. The van der Waals surface area contributed by atoms with Crippen LogP contribution in [-0.2, 0) is 9.84 Å². The van der Waals surface area contributed by atoms with Crippen molar-refractivity contribution in [1.29, 1.82) is 0 Å². The number of nitrogens with zero attached hydrogens (tertiary/aromatic N) is 1. The minimum atomic E-state index is -2.83. The average Bonchev–Trinajstić information content (AvgIpc) is 2.94. The van der Waals surface area contributed by atoms with Crippen LogP contribution in [-0.4, -0.2) is 58.1 Å². The van der Waals surface area contributed by atoms with Crippen molar-refractivity contribution in [2.24, 2.45) is 5.92 Å². The van der Waals surface area contributed by atoms with Gasteiger partial charge in [0.1, 0.15) is 9.84 Å². The van der Waals surface area contributed by atoms with Crippen LogP contribution in [0.3, 0.4) is 0 Å². The summed E-state index contributed by atoms with van der Waals surface area (Å²) in [6.45, 7) is 4.82. The second-order valence-electron chi connectivity index (χ2n) is 5.18. The molecule has 0 amide bonds. The summed E-state index contributed by atoms with van der Waals surface area (Å²) < 4.78 is 22.0. The Hall–Kier alpha value is -0.130. The fourth-order valence-electron chi connectivity index (χ4n) is 1.66. The molecular formula is C11H24N2O2S. The van der Waals surface area contributed by atoms with E-state index >= 15 is 0 Å². The zero-order chi connectivity index (χ0) is 12.2. The van der Waals surface area contributed by atoms with E-state index in [-0.39, 0.29) is 5.75 Å². The molecule has 0 bridgehead atoms. The van der Waals surface area contributed by atoms with E-state index in [0.717, 1.165) is 19.1 Å². The van der Waals surface area contributed by atoms with Gasteiger partial charge < -0.3 is 10.2 Å². The highest BCUT2D eigenvalue weighted by atomic mass is 32.2. The third kappa shape index (κ3) is 7.19. The Morgan fingerprint density at radius 3 is 2.56 bits per heavy atom. The Balaban J connectivity index is 2.09. The van der Waals surface area contributed by atoms with Gasteiger partial charge in [-0.05, 0) is 32.4 Å². The van der Waals surface area contributed by atoms with Crippen molar-refractivity contribution in [2.45, 2.75) is 25.8 Å². The number of nitrogens with one attached hydrogen (secondary N) is 1. The van der Waals surface area contributed by atoms with Crippen molar-refractivity contribution in [3.63, 3.8) is 0 Å². The van der Waals surface area contributed by atoms with Crippen LogP contribution in [0.2, 0.25) is 0 Å². The van der Waals surface area contributed by atoms with Gasteiger partial charge in [-0.3, -0.25) is 0 Å². The fourth-order valence-corrected chi connectivity index (χ4v) is 2.31. The Morgan fingerprint density at radius 2 is 2.06 bits per heavy atom. The lowest BCUT2D eigenvalue weighted by atomic mass is 10.1. The largest absolute Gasteiger partial charge is 0.314 e. The predicted molar refractivity (Wildman–Crippen MR) is 67.4 cm³/mol. The van der Waals surface area contributed by atoms with Crippen LogP contribution in [0.5, 0.6) is 0 Å². The smallest absolute Gasteiger partial charge is 0.148 e. The van der Waals surface area contributed by atoms with Crippen molar-refractivity contribution < 1.29 is 8.42 Å². The van der Waals surface area contributed by atoms with Gasteiger partial charge in [0.05, 0.1) is 5.75 Å². The van der Waals surface area contributed by atoms with E-state index in [1.54, 1.807) is 0 Å². The molecule has 96 valence electrons. The normalized spacial score (nSPS) is 19.0. The van der Waals surface area contributed by atoms with Crippen molar-refractivity contribution in [2.75, 3.05) is 38.7 Å². The number of sulfone groups is 1. The van der Waals surface area contributed by atoms with E-state index in [2.05, 4.69) is 17.1 Å². The van der Waals surface area contributed by atoms with Gasteiger partial charge in [-0.25, -0.2) is 8.42 Å². The maximum absolute atomic E-state index is 11.0. The maximum atomic E-state index is 11.0. The fraction of sp³-hybridized carbons (Fsp3) is 1.00. The summed E-state index contributed by atoms with van der Waals surface area (Å²) in [5, 5.41) is 3.49. The van der Waals surface area contributed by atoms with E-state index in [0.29, 0.717) is 12.5 Å². The predicted octanol–water partition coefficient (Wildman–Crippen LogP) is 0.351. The van der Waals surface area contributed by atoms with Crippen LogP contribution in [0.4, 0.5) is 0 Å². The highest BCUT2D eigenvalue weighted by Gasteiger charge is 2.21. The van der Waals surface area contributed by atoms with Gasteiger partial charge in [0.15, 0.2) is 0 Å². The van der Waals surface area contributed by atoms with Crippen LogP contribution >= 0.6 is 0 Å². The van der Waals surface area contributed by atoms with Gasteiger partial charge in [-0.15, -0.1) is 0 Å². The highest BCUT2D eigenvalue weighted by Crippen LogP contribution is 2.18. The molecule has 0 aromatic heterocycles. The molecule has 0 heterocycles. The summed E-state index contributed by atoms with van der Waals surface area (Å²) in [6.07, 6.45) is 3.92. The molecule has 16 heavy (non-hydrogen) atoms. The summed E-state index contributed by atoms with van der Waals surface area (Å²) in [4.78, 5) is 2.10. The Morgan fingerprint density at radius 1 is 1.44 bits per heavy atom. The van der Waals surface area contributed by atoms with Gasteiger partial charge in [0.25, 0.3) is 0 Å². The summed E-state index contributed by atoms with van der Waals surface area (Å²) in [7, 11) is -0.843. The van der Waals surface area contributed by atoms with Gasteiger partial charge in [-0.2, -0.15) is 0 Å². The van der Waals surface area contributed by atoms with Gasteiger partial charge in [0, 0.05) is 25.4 Å². The zero-order valence-electron chi connectivity index (χ0n) is 10.6. The topological polar surface area (TPSA) is 49.4 Å². The summed E-state index contributed by atoms with van der Waals surface area (Å²) in [5.41, 5.74) is 0. The van der Waals surface area contributed by atoms with E-state index in [1.807, 2.05) is 7.05 Å². The summed E-state index contributed by atoms with van der Waals surface area (Å²) in [6, 6.07) is 0.753. The number of hydrogen-bond acceptors (Lipinski definition) is 4. The second-order valence-corrected chi connectivity index (χ2v) is 7.44. The highest BCUT2D eigenvalue weighted by molar-refractivity contribution is 7.90. The first-order chi connectivity index (χ1) is 7.37. The first-order valence-corrected chi connectivity index (χ1v) is 8.02. The van der Waals surface area contributed by atoms with Crippen LogP contribution in [0.15, 0.2) is 0 Å². The average molecular weight is 248 g/mol. The quantitative estimate of drug-likeness (QED) is 0.673. The second kappa shape index (κ2) is 5.98. The molecule has 1 aliphatic rings. The molecule has 1 rings (SSSR count). The molecule has 1 atom stereocenters. The number of rotatable bonds is 8. The molecule has 0 saturated heterocycles. The molecule has 0 aromatic carbocycles. The standard InChI is InChI=1S/C11H24N2O2S/c1-10(8-12-11-4-5-11)9-13(2)6-7-16(3,14)15/h10-12H,4-9H2,1-3H3. The van der Waals surface area contributed by atoms with Crippen molar-refractivity contribution >= 4 is 9.84 Å². The zero-order valence-corrected chi connectivity index (χ0v) is 11.4. The SMILES string of the molecule is CC(CNC1CC1)CN(C)CCS(C)(=O)=O. The van der Waals surface area contributed by atoms with Crippen molar-refractivity contribution in [3.8, 4) is 0 Å². The summed E-state index contributed by atoms with van der Waals surface area (Å²) >= 11 is 0. The lowest BCUT2D eigenvalue weighted by Gasteiger charge is -2.21. The van der Waals surface area contributed by atoms with Crippen LogP contribution in [0.1, 0.15) is 19.8 Å². The maximum Gasteiger partial charge on any atom is 0.148 e. The third-order valence-corrected chi connectivity index (χ3v) is 3.72. The van der Waals surface area contributed by atoms with Gasteiger partial charge >= 0.3 is 0 Å². The Labute approximate surface area is 99.3 Å². The minimum absolute atomic E-state index is 0.256. The lowest BCUT2D eigenvalue weighted by Crippen LogP contribution is -2.34. The molecule has 1 unspecified atom stereocenters. The molecule has 4 nitrogen and oxygen atoms in total. The molecule has 0 aliphatic heterocycles. The third-order valence-electron chi connectivity index (χ3n) is 2.80. The first-order valence-electron chi connectivity index (χ1n) is 5.96. The molecule has 1 aliphatic carbocycles. The molecule has 1 N–H and O–H groups in total. The molecular weight excluding hydrogens is 224 g/mol. The number of hydrogen-bond donors (Lipinski definition) is 1. The van der Waals surface area contributed by atoms with Crippen molar-refractivity contribution in [1.82, 2.24) is 10.2 Å². The minimum Gasteiger partial charge on any atom is -0.314 e. The van der Waals surface area contributed by atoms with E-state index in [1.165, 1.54) is 19.1 Å². The molecule has 5 heteroatoms. The Kier molecular flexibility index (Phi) is 5.21. The molecule has 0 spiro atoms. The van der Waals surface area contributed by atoms with Gasteiger partial charge in [-0.1, -0.05) is 6.92 Å².